The van der Waals surface area contributed by atoms with E-state index in [1.807, 2.05) is 5.32 Å². The predicted octanol–water partition coefficient (Wildman–Crippen LogP) is 2.74. The van der Waals surface area contributed by atoms with E-state index < -0.39 is 18.1 Å². The summed E-state index contributed by atoms with van der Waals surface area (Å²) in [5, 5.41) is 2.00. The van der Waals surface area contributed by atoms with Crippen molar-refractivity contribution < 1.29 is 18.0 Å². The van der Waals surface area contributed by atoms with Crippen molar-refractivity contribution in [2.45, 2.75) is 41.1 Å². The molecule has 0 aromatic heterocycles. The zero-order valence-corrected chi connectivity index (χ0v) is 10.8. The summed E-state index contributed by atoms with van der Waals surface area (Å²) in [7, 11) is 0. The Morgan fingerprint density at radius 1 is 1.20 bits per heavy atom. The second-order valence-corrected chi connectivity index (χ2v) is 5.87. The van der Waals surface area contributed by atoms with Crippen molar-refractivity contribution in [3.05, 3.63) is 0 Å². The Labute approximate surface area is 102 Å². The number of halogens is 5. The van der Waals surface area contributed by atoms with Crippen molar-refractivity contribution in [3.8, 4) is 0 Å². The number of carbonyl (C=O) groups excluding carboxylic acids is 1. The fourth-order valence-electron chi connectivity index (χ4n) is 1.48. The minimum Gasteiger partial charge on any atom is -0.346 e. The molecule has 1 amide bonds. The predicted molar refractivity (Wildman–Crippen MR) is 57.3 cm³/mol. The highest BCUT2D eigenvalue weighted by atomic mass is 79.9. The molecule has 0 spiro atoms. The lowest BCUT2D eigenvalue weighted by molar-refractivity contribution is -0.174. The fraction of sp³-hybridized carbons (Fsp3) is 0.875. The van der Waals surface area contributed by atoms with Gasteiger partial charge in [0.2, 0.25) is 0 Å². The van der Waals surface area contributed by atoms with Gasteiger partial charge in [-0.3, -0.25) is 4.79 Å². The fourth-order valence-corrected chi connectivity index (χ4v) is 2.67. The van der Waals surface area contributed by atoms with Crippen LogP contribution >= 0.6 is 31.9 Å². The summed E-state index contributed by atoms with van der Waals surface area (Å²) < 4.78 is 35.8. The first-order valence-electron chi connectivity index (χ1n) is 4.46. The molecular formula is C8H10Br2F3NO. The van der Waals surface area contributed by atoms with Crippen molar-refractivity contribution in [3.63, 3.8) is 0 Å². The van der Waals surface area contributed by atoms with Crippen LogP contribution < -0.4 is 5.32 Å². The Bertz CT molecular complexity index is 247. The number of carbonyl (C=O) groups is 1. The lowest BCUT2D eigenvalue weighted by Crippen LogP contribution is -2.46. The zero-order chi connectivity index (χ0) is 11.6. The van der Waals surface area contributed by atoms with Crippen LogP contribution in [-0.2, 0) is 4.79 Å². The van der Waals surface area contributed by atoms with E-state index in [0.717, 1.165) is 6.42 Å². The van der Waals surface area contributed by atoms with Crippen LogP contribution in [0.4, 0.5) is 13.2 Å². The van der Waals surface area contributed by atoms with Gasteiger partial charge in [-0.1, -0.05) is 31.9 Å². The van der Waals surface area contributed by atoms with Crippen LogP contribution in [0.1, 0.15) is 19.3 Å². The van der Waals surface area contributed by atoms with Gasteiger partial charge in [0.15, 0.2) is 0 Å². The molecule has 1 saturated carbocycles. The largest absolute Gasteiger partial charge is 0.471 e. The van der Waals surface area contributed by atoms with Gasteiger partial charge in [0.05, 0.1) is 0 Å². The van der Waals surface area contributed by atoms with Crippen molar-refractivity contribution >= 4 is 37.8 Å². The van der Waals surface area contributed by atoms with Gasteiger partial charge >= 0.3 is 12.1 Å². The second kappa shape index (κ2) is 5.03. The number of hydrogen-bond donors (Lipinski definition) is 1. The summed E-state index contributed by atoms with van der Waals surface area (Å²) in [6.07, 6.45) is -2.96. The first-order chi connectivity index (χ1) is 6.80. The normalized spacial score (nSPS) is 32.5. The Hall–Kier alpha value is 0.220. The molecule has 0 unspecified atom stereocenters. The Kier molecular flexibility index (Phi) is 4.46. The van der Waals surface area contributed by atoms with Gasteiger partial charge in [-0.2, -0.15) is 13.2 Å². The molecule has 1 aliphatic carbocycles. The zero-order valence-electron chi connectivity index (χ0n) is 7.65. The monoisotopic (exact) mass is 351 g/mol. The highest BCUT2D eigenvalue weighted by Gasteiger charge is 2.40. The molecule has 0 heterocycles. The molecule has 0 aromatic carbocycles. The topological polar surface area (TPSA) is 29.1 Å². The smallest absolute Gasteiger partial charge is 0.346 e. The summed E-state index contributed by atoms with van der Waals surface area (Å²) >= 11 is 6.76. The minimum atomic E-state index is -4.78. The number of nitrogens with one attached hydrogen (secondary N) is 1. The lowest BCUT2D eigenvalue weighted by Gasteiger charge is -2.30. The average Bonchev–Trinajstić information content (AvgIpc) is 2.10. The molecule has 3 atom stereocenters. The van der Waals surface area contributed by atoms with Gasteiger partial charge in [0, 0.05) is 15.7 Å². The van der Waals surface area contributed by atoms with Crippen LogP contribution in [0.3, 0.4) is 0 Å². The van der Waals surface area contributed by atoms with Gasteiger partial charge in [-0.05, 0) is 19.3 Å². The first-order valence-corrected chi connectivity index (χ1v) is 6.29. The van der Waals surface area contributed by atoms with Crippen LogP contribution in [0.2, 0.25) is 0 Å². The quantitative estimate of drug-likeness (QED) is 0.722. The van der Waals surface area contributed by atoms with Crippen LogP contribution in [0.25, 0.3) is 0 Å². The summed E-state index contributed by atoms with van der Waals surface area (Å²) in [5.74, 6) is -1.85. The molecule has 15 heavy (non-hydrogen) atoms. The molecular weight excluding hydrogens is 343 g/mol. The molecule has 1 rings (SSSR count). The summed E-state index contributed by atoms with van der Waals surface area (Å²) in [5.41, 5.74) is 0. The molecule has 1 N–H and O–H groups in total. The first kappa shape index (κ1) is 13.3. The number of amides is 1. The standard InChI is InChI=1S/C8H10Br2F3NO/c9-5-2-1-4(3-6(5)10)14-7(15)8(11,12)13/h4-6H,1-3H2,(H,14,15)/t4-,5-,6-/m0/s1. The van der Waals surface area contributed by atoms with Crippen LogP contribution in [0, 0.1) is 0 Å². The Morgan fingerprint density at radius 3 is 2.27 bits per heavy atom. The molecule has 7 heteroatoms. The molecule has 0 saturated heterocycles. The molecule has 0 bridgehead atoms. The van der Waals surface area contributed by atoms with E-state index in [1.54, 1.807) is 0 Å². The van der Waals surface area contributed by atoms with E-state index in [4.69, 9.17) is 0 Å². The Balaban J connectivity index is 2.44. The highest BCUT2D eigenvalue weighted by molar-refractivity contribution is 9.12. The van der Waals surface area contributed by atoms with E-state index in [-0.39, 0.29) is 9.65 Å². The van der Waals surface area contributed by atoms with E-state index in [0.29, 0.717) is 12.8 Å². The average molecular weight is 353 g/mol. The summed E-state index contributed by atoms with van der Waals surface area (Å²) in [6.45, 7) is 0. The molecule has 1 fully saturated rings. The van der Waals surface area contributed by atoms with Gasteiger partial charge in [-0.15, -0.1) is 0 Å². The van der Waals surface area contributed by atoms with Crippen LogP contribution in [0.5, 0.6) is 0 Å². The molecule has 1 aliphatic rings. The third-order valence-corrected chi connectivity index (χ3v) is 5.10. The van der Waals surface area contributed by atoms with E-state index in [1.165, 1.54) is 0 Å². The van der Waals surface area contributed by atoms with Gasteiger partial charge in [-0.25, -0.2) is 0 Å². The molecule has 0 radical (unpaired) electrons. The summed E-state index contributed by atoms with van der Waals surface area (Å²) in [6, 6.07) is -0.391. The van der Waals surface area contributed by atoms with E-state index in [9.17, 15) is 18.0 Å². The number of rotatable bonds is 1. The molecule has 0 aliphatic heterocycles. The van der Waals surface area contributed by atoms with Crippen molar-refractivity contribution in [1.29, 1.82) is 0 Å². The van der Waals surface area contributed by atoms with Gasteiger partial charge < -0.3 is 5.32 Å². The van der Waals surface area contributed by atoms with Gasteiger partial charge in [0.25, 0.3) is 0 Å². The maximum Gasteiger partial charge on any atom is 0.471 e. The van der Waals surface area contributed by atoms with Crippen molar-refractivity contribution in [2.24, 2.45) is 0 Å². The summed E-state index contributed by atoms with van der Waals surface area (Å²) in [4.78, 5) is 11.0. The van der Waals surface area contributed by atoms with Crippen LogP contribution in [0.15, 0.2) is 0 Å². The third kappa shape index (κ3) is 3.94. The highest BCUT2D eigenvalue weighted by Crippen LogP contribution is 2.30. The maximum absolute atomic E-state index is 11.9. The number of alkyl halides is 5. The van der Waals surface area contributed by atoms with Crippen LogP contribution in [-0.4, -0.2) is 27.8 Å². The second-order valence-electron chi connectivity index (χ2n) is 3.51. The Morgan fingerprint density at radius 2 is 1.80 bits per heavy atom. The lowest BCUT2D eigenvalue weighted by atomic mass is 9.95. The molecule has 2 nitrogen and oxygen atoms in total. The van der Waals surface area contributed by atoms with E-state index >= 15 is 0 Å². The number of hydrogen-bond acceptors (Lipinski definition) is 1. The molecule has 88 valence electrons. The van der Waals surface area contributed by atoms with Crippen molar-refractivity contribution in [2.75, 3.05) is 0 Å². The SMILES string of the molecule is O=C(N[C@H]1CC[C@H](Br)[C@@H](Br)C1)C(F)(F)F. The third-order valence-electron chi connectivity index (χ3n) is 2.29. The molecule has 0 aromatic rings. The van der Waals surface area contributed by atoms with Crippen molar-refractivity contribution in [1.82, 2.24) is 5.32 Å². The maximum atomic E-state index is 11.9. The van der Waals surface area contributed by atoms with Gasteiger partial charge in [0.1, 0.15) is 0 Å². The minimum absolute atomic E-state index is 0.102. The van der Waals surface area contributed by atoms with E-state index in [2.05, 4.69) is 31.9 Å².